The average molecular weight is 1080 g/mol. The van der Waals surface area contributed by atoms with E-state index < -0.39 is 0 Å². The molecule has 0 unspecified atom stereocenters. The van der Waals surface area contributed by atoms with Crippen LogP contribution in [0.4, 0.5) is 0 Å². The monoisotopic (exact) mass is 1080 g/mol. The summed E-state index contributed by atoms with van der Waals surface area (Å²) in [4.78, 5) is 0. The normalized spacial score (nSPS) is 0. The Morgan fingerprint density at radius 1 is 0.238 bits per heavy atom. The Hall–Kier alpha value is 7.38. The van der Waals surface area contributed by atoms with Gasteiger partial charge in [-0.15, -0.1) is 0 Å². The van der Waals surface area contributed by atoms with Crippen LogP contribution in [0.25, 0.3) is 0 Å². The Bertz CT molecular complexity index is 36.1. The summed E-state index contributed by atoms with van der Waals surface area (Å²) < 4.78 is 0. The zero-order valence-corrected chi connectivity index (χ0v) is 32.9. The first kappa shape index (κ1) is 391. The molecule has 0 aliphatic rings. The van der Waals surface area contributed by atoms with Crippen LogP contribution in [0.3, 0.4) is 0 Å². The van der Waals surface area contributed by atoms with Crippen LogP contribution >= 0.6 is 0 Å². The van der Waals surface area contributed by atoms with Crippen molar-refractivity contribution in [1.29, 1.82) is 0 Å². The summed E-state index contributed by atoms with van der Waals surface area (Å²) in [6.07, 6.45) is 0. The summed E-state index contributed by atoms with van der Waals surface area (Å²) in [6, 6.07) is 0. The second kappa shape index (κ2) is 350. The van der Waals surface area contributed by atoms with Crippen molar-refractivity contribution in [3.63, 3.8) is 0 Å². The van der Waals surface area contributed by atoms with E-state index in [0.717, 1.165) is 0 Å². The molecule has 0 N–H and O–H groups in total. The Balaban J connectivity index is 0. The summed E-state index contributed by atoms with van der Waals surface area (Å²) in [7, 11) is 0. The third-order valence-electron chi connectivity index (χ3n) is 0. The van der Waals surface area contributed by atoms with Crippen molar-refractivity contribution in [1.82, 2.24) is 0 Å². The molecule has 13 nitrogen and oxygen atoms in total. The van der Waals surface area contributed by atoms with Gasteiger partial charge in [0.1, 0.15) is 0 Å². The summed E-state index contributed by atoms with van der Waals surface area (Å²) in [5.74, 6) is 0. The number of hydrogen-bond donors (Lipinski definition) is 0. The van der Waals surface area contributed by atoms with Gasteiger partial charge in [0, 0.05) is 0 Å². The van der Waals surface area contributed by atoms with Crippen molar-refractivity contribution in [2.24, 2.45) is 0 Å². The predicted octanol–water partition coefficient (Wildman–Crippen LogP) is -3.07. The number of hydrogen-bond acceptors (Lipinski definition) is 0. The minimum Gasteiger partial charge on any atom is -2.00 e. The molecule has 0 spiro atoms. The van der Waals surface area contributed by atoms with E-state index in [1.54, 1.807) is 0 Å². The molecule has 0 aromatic rings. The first-order valence-corrected chi connectivity index (χ1v) is 0. The largest absolute Gasteiger partial charge is 5.00 e. The Kier molecular flexibility index (Phi) is 6520. The van der Waals surface area contributed by atoms with Gasteiger partial charge in [-0.2, -0.15) is 0 Å². The van der Waals surface area contributed by atoms with Crippen LogP contribution in [-0.2, 0) is 116 Å². The molecule has 0 heterocycles. The van der Waals surface area contributed by atoms with E-state index in [0.29, 0.717) is 0 Å². The van der Waals surface area contributed by atoms with Gasteiger partial charge in [-0.05, 0) is 0 Å². The fourth-order valence-electron chi connectivity index (χ4n) is 0. The van der Waals surface area contributed by atoms with E-state index in [1.807, 2.05) is 0 Å². The molecule has 104 valence electrons. The van der Waals surface area contributed by atoms with Crippen molar-refractivity contribution >= 4 is 126 Å². The average Bonchev–Trinajstić information content (AvgIpc) is 0. The Morgan fingerprint density at radius 2 is 0.238 bits per heavy atom. The molecule has 0 radical (unpaired) electrons. The van der Waals surface area contributed by atoms with Gasteiger partial charge in [0.2, 0.25) is 0 Å². The zero-order chi connectivity index (χ0) is 0. The minimum atomic E-state index is 0. The molecular formula is Al2La2O13Sr2Ta2. The second-order valence-electron chi connectivity index (χ2n) is 0. The van der Waals surface area contributed by atoms with Crippen LogP contribution in [0.5, 0.6) is 0 Å². The van der Waals surface area contributed by atoms with E-state index >= 15 is 0 Å². The van der Waals surface area contributed by atoms with Gasteiger partial charge in [0.15, 0.2) is 0 Å². The first-order chi connectivity index (χ1) is 0. The zero-order valence-electron chi connectivity index (χ0n) is 9.93. The summed E-state index contributed by atoms with van der Waals surface area (Å²) in [6.45, 7) is 0. The van der Waals surface area contributed by atoms with E-state index in [1.165, 1.54) is 0 Å². The maximum absolute atomic E-state index is 0. The molecule has 0 rings (SSSR count). The van der Waals surface area contributed by atoms with Crippen molar-refractivity contribution in [2.45, 2.75) is 0 Å². The van der Waals surface area contributed by atoms with E-state index in [2.05, 4.69) is 0 Å². The Labute approximate surface area is 305 Å². The van der Waals surface area contributed by atoms with Gasteiger partial charge in [-0.25, -0.2) is 0 Å². The summed E-state index contributed by atoms with van der Waals surface area (Å²) >= 11 is 0. The topological polar surface area (TPSA) is 370 Å². The minimum absolute atomic E-state index is 0. The van der Waals surface area contributed by atoms with Crippen LogP contribution in [0.15, 0.2) is 0 Å². The maximum atomic E-state index is 0. The van der Waals surface area contributed by atoms with Gasteiger partial charge in [0.05, 0.1) is 0 Å². The molecule has 0 aliphatic heterocycles. The smallest absolute Gasteiger partial charge is 2.00 e. The Morgan fingerprint density at radius 3 is 0.238 bits per heavy atom. The molecule has 0 amide bonds. The van der Waals surface area contributed by atoms with Crippen LogP contribution in [0, 0.1) is 71.2 Å². The summed E-state index contributed by atoms with van der Waals surface area (Å²) in [5.41, 5.74) is 0. The van der Waals surface area contributed by atoms with E-state index in [9.17, 15) is 0 Å². The van der Waals surface area contributed by atoms with E-state index in [-0.39, 0.29) is 313 Å². The molecule has 21 heteroatoms. The van der Waals surface area contributed by atoms with Crippen LogP contribution in [0.1, 0.15) is 0 Å². The van der Waals surface area contributed by atoms with Crippen molar-refractivity contribution in [3.05, 3.63) is 0 Å². The first-order valence-electron chi connectivity index (χ1n) is 0. The fourth-order valence-corrected chi connectivity index (χ4v) is 0. The molecule has 0 saturated carbocycles. The standard InChI is InChI=1S/2Al.2La.13O.2Sr.2Ta/q4*+3;13*-2;2*+2;2*+5. The maximum Gasteiger partial charge on any atom is 5.00 e. The van der Waals surface area contributed by atoms with Gasteiger partial charge in [-0.1, -0.05) is 0 Å². The molecule has 0 aromatic heterocycles. The molecule has 0 saturated heterocycles. The molecule has 21 heavy (non-hydrogen) atoms. The van der Waals surface area contributed by atoms with Crippen LogP contribution in [-0.4, -0.2) is 126 Å². The van der Waals surface area contributed by atoms with Gasteiger partial charge in [-0.3, -0.25) is 0 Å². The molecule has 0 fully saturated rings. The van der Waals surface area contributed by atoms with Crippen molar-refractivity contribution < 1.29 is 187 Å². The van der Waals surface area contributed by atoms with Crippen LogP contribution < -0.4 is 0 Å². The molecule has 0 atom stereocenters. The molecule has 0 bridgehead atoms. The molecule has 0 aromatic carbocycles. The third kappa shape index (κ3) is 324. The van der Waals surface area contributed by atoms with E-state index in [4.69, 9.17) is 0 Å². The summed E-state index contributed by atoms with van der Waals surface area (Å²) in [5, 5.41) is 0. The third-order valence-corrected chi connectivity index (χ3v) is 0. The van der Waals surface area contributed by atoms with Crippen LogP contribution in [0.2, 0.25) is 0 Å². The quantitative estimate of drug-likeness (QED) is 0.218. The predicted molar refractivity (Wildman–Crippen MR) is 31.9 cm³/mol. The number of rotatable bonds is 0. The fraction of sp³-hybridized carbons (Fsp3) is 0. The van der Waals surface area contributed by atoms with Gasteiger partial charge >= 0.3 is 242 Å². The molecule has 0 aliphatic carbocycles. The SMILES string of the molecule is [Al+3].[Al+3].[La+3].[La+3].[O-2].[O-2].[O-2].[O-2].[O-2].[O-2].[O-2].[O-2].[O-2].[O-2].[O-2].[O-2].[O-2].[Sr+2].[Sr+2].[Ta+5].[Ta+5]. The second-order valence-corrected chi connectivity index (χ2v) is 0. The van der Waals surface area contributed by atoms with Gasteiger partial charge in [0.25, 0.3) is 0 Å². The van der Waals surface area contributed by atoms with Crippen molar-refractivity contribution in [2.75, 3.05) is 0 Å². The van der Waals surface area contributed by atoms with Crippen molar-refractivity contribution in [3.8, 4) is 0 Å². The molecular weight excluding hydrogens is 1080 g/mol. The van der Waals surface area contributed by atoms with Gasteiger partial charge < -0.3 is 71.2 Å².